The van der Waals surface area contributed by atoms with Gasteiger partial charge >= 0.3 is 11.9 Å². The van der Waals surface area contributed by atoms with E-state index >= 15 is 0 Å². The molecule has 3 amide bonds. The molecule has 0 aromatic heterocycles. The van der Waals surface area contributed by atoms with Crippen LogP contribution in [0.5, 0.6) is 0 Å². The Balaban J connectivity index is 5.18. The zero-order chi connectivity index (χ0) is 22.9. The van der Waals surface area contributed by atoms with Gasteiger partial charge in [0.15, 0.2) is 6.04 Å². The minimum atomic E-state index is -1.69. The summed E-state index contributed by atoms with van der Waals surface area (Å²) in [5, 5.41) is 43.1. The largest absolute Gasteiger partial charge is 0.481 e. The Morgan fingerprint density at radius 3 is 1.72 bits per heavy atom. The van der Waals surface area contributed by atoms with Gasteiger partial charge in [-0.3, -0.25) is 19.2 Å². The number of carboxylic acids is 2. The molecule has 0 heterocycles. The highest BCUT2D eigenvalue weighted by atomic mass is 32.1. The quantitative estimate of drug-likeness (QED) is 0.134. The number of aliphatic hydroxyl groups excluding tert-OH is 2. The number of rotatable bonds is 12. The van der Waals surface area contributed by atoms with Crippen LogP contribution in [0.3, 0.4) is 0 Å². The first-order chi connectivity index (χ1) is 13.3. The van der Waals surface area contributed by atoms with Crippen molar-refractivity contribution in [1.82, 2.24) is 16.0 Å². The number of carbonyl (C=O) groups excluding carboxylic acids is 3. The number of carboxylic acid groups (broad SMARTS) is 2. The molecule has 14 heteroatoms. The van der Waals surface area contributed by atoms with Crippen molar-refractivity contribution in [2.45, 2.75) is 56.6 Å². The molecule has 0 aliphatic carbocycles. The molecule has 0 saturated carbocycles. The van der Waals surface area contributed by atoms with Crippen LogP contribution in [0.1, 0.15) is 20.3 Å². The summed E-state index contributed by atoms with van der Waals surface area (Å²) in [7, 11) is 0. The van der Waals surface area contributed by atoms with Gasteiger partial charge in [-0.25, -0.2) is 4.79 Å². The average Bonchev–Trinajstić information content (AvgIpc) is 2.59. The molecule has 9 N–H and O–H groups in total. The molecule has 13 nitrogen and oxygen atoms in total. The van der Waals surface area contributed by atoms with E-state index in [1.807, 2.05) is 5.32 Å². The zero-order valence-corrected chi connectivity index (χ0v) is 16.6. The van der Waals surface area contributed by atoms with E-state index in [0.29, 0.717) is 0 Å². The van der Waals surface area contributed by atoms with Gasteiger partial charge in [-0.2, -0.15) is 12.6 Å². The molecule has 0 aliphatic heterocycles. The van der Waals surface area contributed by atoms with Gasteiger partial charge in [-0.1, -0.05) is 0 Å². The summed E-state index contributed by atoms with van der Waals surface area (Å²) in [5.74, 6) is -6.10. The van der Waals surface area contributed by atoms with Crippen LogP contribution < -0.4 is 21.7 Å². The van der Waals surface area contributed by atoms with Crippen LogP contribution in [0.2, 0.25) is 0 Å². The molecular formula is C15H26N4O9S. The van der Waals surface area contributed by atoms with Crippen molar-refractivity contribution in [3.05, 3.63) is 0 Å². The van der Waals surface area contributed by atoms with Gasteiger partial charge in [-0.05, 0) is 13.8 Å². The first kappa shape index (κ1) is 26.6. The molecule has 0 aliphatic rings. The molecule has 0 fully saturated rings. The van der Waals surface area contributed by atoms with Crippen LogP contribution in [0, 0.1) is 0 Å². The minimum absolute atomic E-state index is 0.253. The number of nitrogens with two attached hydrogens (primary N) is 1. The predicted molar refractivity (Wildman–Crippen MR) is 101 cm³/mol. The first-order valence-electron chi connectivity index (χ1n) is 8.40. The second kappa shape index (κ2) is 12.2. The lowest BCUT2D eigenvalue weighted by molar-refractivity contribution is -0.146. The fourth-order valence-electron chi connectivity index (χ4n) is 2.04. The fraction of sp³-hybridized carbons (Fsp3) is 0.667. The second-order valence-electron chi connectivity index (χ2n) is 6.24. The van der Waals surface area contributed by atoms with E-state index in [4.69, 9.17) is 15.9 Å². The van der Waals surface area contributed by atoms with Crippen molar-refractivity contribution in [2.24, 2.45) is 5.73 Å². The zero-order valence-electron chi connectivity index (χ0n) is 15.7. The van der Waals surface area contributed by atoms with Crippen LogP contribution in [0.4, 0.5) is 0 Å². The van der Waals surface area contributed by atoms with E-state index in [1.165, 1.54) is 0 Å². The van der Waals surface area contributed by atoms with Crippen molar-refractivity contribution < 1.29 is 44.4 Å². The molecule has 6 unspecified atom stereocenters. The fourth-order valence-corrected chi connectivity index (χ4v) is 2.30. The summed E-state index contributed by atoms with van der Waals surface area (Å²) < 4.78 is 0. The maximum atomic E-state index is 12.3. The summed E-state index contributed by atoms with van der Waals surface area (Å²) in [5.41, 5.74) is 5.40. The lowest BCUT2D eigenvalue weighted by Gasteiger charge is -2.26. The van der Waals surface area contributed by atoms with E-state index in [-0.39, 0.29) is 5.75 Å². The molecule has 29 heavy (non-hydrogen) atoms. The van der Waals surface area contributed by atoms with Gasteiger partial charge in [0, 0.05) is 5.75 Å². The highest BCUT2D eigenvalue weighted by Gasteiger charge is 2.33. The number of hydrogen-bond donors (Lipinski definition) is 9. The van der Waals surface area contributed by atoms with E-state index in [1.54, 1.807) is 0 Å². The number of thiol groups is 1. The Morgan fingerprint density at radius 1 is 0.862 bits per heavy atom. The maximum absolute atomic E-state index is 12.3. The third-order valence-electron chi connectivity index (χ3n) is 3.66. The van der Waals surface area contributed by atoms with Crippen LogP contribution in [0.15, 0.2) is 0 Å². The first-order valence-corrected chi connectivity index (χ1v) is 9.03. The summed E-state index contributed by atoms with van der Waals surface area (Å²) >= 11 is 3.90. The van der Waals surface area contributed by atoms with Crippen molar-refractivity contribution in [3.8, 4) is 0 Å². The van der Waals surface area contributed by atoms with Crippen LogP contribution >= 0.6 is 12.6 Å². The number of aliphatic carboxylic acids is 2. The van der Waals surface area contributed by atoms with E-state index in [0.717, 1.165) is 13.8 Å². The number of aliphatic hydroxyl groups is 2. The van der Waals surface area contributed by atoms with Gasteiger partial charge in [-0.15, -0.1) is 0 Å². The van der Waals surface area contributed by atoms with Gasteiger partial charge in [0.05, 0.1) is 24.7 Å². The Hall–Kier alpha value is -2.42. The molecule has 0 aromatic rings. The van der Waals surface area contributed by atoms with Gasteiger partial charge in [0.1, 0.15) is 12.1 Å². The Bertz CT molecular complexity index is 629. The predicted octanol–water partition coefficient (Wildman–Crippen LogP) is -3.98. The molecule has 0 bridgehead atoms. The summed E-state index contributed by atoms with van der Waals surface area (Å²) in [6.45, 7) is 2.28. The Kier molecular flexibility index (Phi) is 11.2. The maximum Gasteiger partial charge on any atom is 0.328 e. The molecule has 0 spiro atoms. The summed E-state index contributed by atoms with van der Waals surface area (Å²) in [6.07, 6.45) is -3.60. The van der Waals surface area contributed by atoms with Crippen molar-refractivity contribution in [1.29, 1.82) is 0 Å². The van der Waals surface area contributed by atoms with Crippen LogP contribution in [-0.2, 0) is 24.0 Å². The SMILES string of the molecule is CC(O)C(NC(=O)C(NC(=O)C(CS)NC(=O)C(N)CC(=O)O)C(C)O)C(=O)O. The molecule has 0 rings (SSSR count). The van der Waals surface area contributed by atoms with Crippen LogP contribution in [-0.4, -0.2) is 92.2 Å². The van der Waals surface area contributed by atoms with Gasteiger partial charge in [0.25, 0.3) is 0 Å². The van der Waals surface area contributed by atoms with E-state index in [9.17, 15) is 34.2 Å². The van der Waals surface area contributed by atoms with E-state index in [2.05, 4.69) is 23.3 Å². The molecule has 0 radical (unpaired) electrons. The molecule has 0 saturated heterocycles. The molecule has 166 valence electrons. The highest BCUT2D eigenvalue weighted by Crippen LogP contribution is 2.01. The van der Waals surface area contributed by atoms with Crippen molar-refractivity contribution >= 4 is 42.3 Å². The molecule has 6 atom stereocenters. The third kappa shape index (κ3) is 9.08. The standard InChI is InChI=1S/C15H26N4O9S/c1-5(20)10(14(26)19-11(6(2)21)15(27)28)18-13(25)8(4-29)17-12(24)7(16)3-9(22)23/h5-8,10-11,20-21,29H,3-4,16H2,1-2H3,(H,17,24)(H,18,25)(H,19,26)(H,22,23)(H,27,28). The Labute approximate surface area is 171 Å². The highest BCUT2D eigenvalue weighted by molar-refractivity contribution is 7.80. The number of carbonyl (C=O) groups is 5. The lowest BCUT2D eigenvalue weighted by atomic mass is 10.1. The summed E-state index contributed by atoms with van der Waals surface area (Å²) in [4.78, 5) is 58.1. The third-order valence-corrected chi connectivity index (χ3v) is 4.02. The number of hydrogen-bond acceptors (Lipinski definition) is 9. The molecular weight excluding hydrogens is 412 g/mol. The second-order valence-corrected chi connectivity index (χ2v) is 6.61. The van der Waals surface area contributed by atoms with Gasteiger partial charge in [0.2, 0.25) is 17.7 Å². The average molecular weight is 438 g/mol. The topological polar surface area (TPSA) is 228 Å². The minimum Gasteiger partial charge on any atom is -0.481 e. The lowest BCUT2D eigenvalue weighted by Crippen LogP contribution is -2.61. The normalized spacial score (nSPS) is 17.0. The monoisotopic (exact) mass is 438 g/mol. The van der Waals surface area contributed by atoms with Crippen LogP contribution in [0.25, 0.3) is 0 Å². The summed E-state index contributed by atoms with van der Waals surface area (Å²) in [6, 6.07) is -6.06. The Morgan fingerprint density at radius 2 is 1.34 bits per heavy atom. The van der Waals surface area contributed by atoms with Crippen molar-refractivity contribution in [2.75, 3.05) is 5.75 Å². The smallest absolute Gasteiger partial charge is 0.328 e. The molecule has 0 aromatic carbocycles. The number of amides is 3. The number of nitrogens with one attached hydrogen (secondary N) is 3. The van der Waals surface area contributed by atoms with Crippen molar-refractivity contribution in [3.63, 3.8) is 0 Å². The van der Waals surface area contributed by atoms with E-state index < -0.39 is 72.5 Å². The van der Waals surface area contributed by atoms with Gasteiger partial charge < -0.3 is 42.1 Å².